The van der Waals surface area contributed by atoms with Crippen molar-refractivity contribution in [2.24, 2.45) is 0 Å². The van der Waals surface area contributed by atoms with Gasteiger partial charge in [0, 0.05) is 13.0 Å². The summed E-state index contributed by atoms with van der Waals surface area (Å²) in [6.45, 7) is 6.20. The lowest BCUT2D eigenvalue weighted by Crippen LogP contribution is -2.26. The number of rotatable bonds is 14. The lowest BCUT2D eigenvalue weighted by atomic mass is 10.1. The highest BCUT2D eigenvalue weighted by atomic mass is 32.2. The molecule has 0 unspecified atom stereocenters. The maximum absolute atomic E-state index is 13.3. The molecule has 2 N–H and O–H groups in total. The third kappa shape index (κ3) is 6.54. The number of aromatic amines is 1. The van der Waals surface area contributed by atoms with Gasteiger partial charge in [-0.1, -0.05) is 31.9 Å². The van der Waals surface area contributed by atoms with E-state index in [1.807, 2.05) is 19.1 Å². The number of aromatic nitrogens is 4. The Balaban J connectivity index is 1.67. The standard InChI is InChI=1S/C29H37N5O6S/c1-6-8-9-13-25-31-19(3)26-29(35)32-28(33-34(25)26)22-18-21(14-15-23(22)40-7-2)41(36,37)30-17-16-20-11-10-12-24(38-4)27(20)39-5/h10-12,14-15,18,30H,6-9,13,16-17H2,1-5H3,(H,32,33,35). The van der Waals surface area contributed by atoms with Gasteiger partial charge in [0.2, 0.25) is 10.0 Å². The van der Waals surface area contributed by atoms with Gasteiger partial charge in [0.25, 0.3) is 5.56 Å². The van der Waals surface area contributed by atoms with Gasteiger partial charge in [-0.2, -0.15) is 0 Å². The molecule has 0 aliphatic rings. The molecule has 0 saturated carbocycles. The number of fused-ring (bicyclic) bond motifs is 1. The minimum Gasteiger partial charge on any atom is -0.493 e. The number of benzene rings is 2. The van der Waals surface area contributed by atoms with Gasteiger partial charge in [0.05, 0.1) is 37.0 Å². The first-order chi connectivity index (χ1) is 19.7. The van der Waals surface area contributed by atoms with Crippen LogP contribution < -0.4 is 24.5 Å². The van der Waals surface area contributed by atoms with Crippen LogP contribution in [0.3, 0.4) is 0 Å². The first-order valence-corrected chi connectivity index (χ1v) is 15.2. The Morgan fingerprint density at radius 1 is 1.02 bits per heavy atom. The molecule has 2 aromatic carbocycles. The van der Waals surface area contributed by atoms with Crippen LogP contribution in [0.25, 0.3) is 16.9 Å². The van der Waals surface area contributed by atoms with E-state index < -0.39 is 10.0 Å². The van der Waals surface area contributed by atoms with E-state index in [-0.39, 0.29) is 22.8 Å². The van der Waals surface area contributed by atoms with Gasteiger partial charge >= 0.3 is 0 Å². The lowest BCUT2D eigenvalue weighted by molar-refractivity contribution is 0.341. The Morgan fingerprint density at radius 2 is 1.83 bits per heavy atom. The Bertz CT molecular complexity index is 1680. The monoisotopic (exact) mass is 583 g/mol. The molecule has 11 nitrogen and oxygen atoms in total. The van der Waals surface area contributed by atoms with Gasteiger partial charge in [-0.15, -0.1) is 5.10 Å². The zero-order valence-electron chi connectivity index (χ0n) is 24.1. The Hall–Kier alpha value is -3.90. The number of unbranched alkanes of at least 4 members (excludes halogenated alkanes) is 2. The number of imidazole rings is 1. The van der Waals surface area contributed by atoms with Gasteiger partial charge in [-0.05, 0) is 56.5 Å². The van der Waals surface area contributed by atoms with Crippen molar-refractivity contribution in [1.82, 2.24) is 24.3 Å². The molecule has 0 bridgehead atoms. The molecule has 4 aromatic rings. The minimum atomic E-state index is -3.92. The van der Waals surface area contributed by atoms with Gasteiger partial charge in [0.1, 0.15) is 11.6 Å². The number of hydrogen-bond donors (Lipinski definition) is 2. The molecule has 0 radical (unpaired) electrons. The van der Waals surface area contributed by atoms with Crippen LogP contribution in [0.1, 0.15) is 50.2 Å². The molecule has 0 spiro atoms. The van der Waals surface area contributed by atoms with Crippen molar-refractivity contribution in [2.75, 3.05) is 27.4 Å². The molecule has 0 aliphatic heterocycles. The van der Waals surface area contributed by atoms with Crippen LogP contribution in [0.2, 0.25) is 0 Å². The van der Waals surface area contributed by atoms with Gasteiger partial charge in [0.15, 0.2) is 22.8 Å². The predicted octanol–water partition coefficient (Wildman–Crippen LogP) is 4.06. The molecule has 4 rings (SSSR count). The smallest absolute Gasteiger partial charge is 0.277 e. The van der Waals surface area contributed by atoms with Gasteiger partial charge < -0.3 is 19.2 Å². The zero-order valence-corrected chi connectivity index (χ0v) is 24.9. The van der Waals surface area contributed by atoms with Crippen LogP contribution in [0.4, 0.5) is 0 Å². The number of H-pyrrole nitrogens is 1. The second-order valence-electron chi connectivity index (χ2n) is 9.53. The summed E-state index contributed by atoms with van der Waals surface area (Å²) in [5, 5.41) is 4.69. The van der Waals surface area contributed by atoms with Crippen LogP contribution in [0.5, 0.6) is 17.2 Å². The van der Waals surface area contributed by atoms with Crippen molar-refractivity contribution >= 4 is 15.5 Å². The lowest BCUT2D eigenvalue weighted by Gasteiger charge is -2.14. The van der Waals surface area contributed by atoms with Crippen molar-refractivity contribution in [3.05, 3.63) is 63.8 Å². The third-order valence-corrected chi connectivity index (χ3v) is 8.19. The van der Waals surface area contributed by atoms with E-state index in [0.717, 1.165) is 24.8 Å². The summed E-state index contributed by atoms with van der Waals surface area (Å²) in [6.07, 6.45) is 4.07. The summed E-state index contributed by atoms with van der Waals surface area (Å²) in [5.74, 6) is 2.42. The van der Waals surface area contributed by atoms with Crippen LogP contribution in [-0.2, 0) is 22.9 Å². The van der Waals surface area contributed by atoms with Crippen molar-refractivity contribution in [3.8, 4) is 28.6 Å². The van der Waals surface area contributed by atoms with Crippen molar-refractivity contribution in [1.29, 1.82) is 0 Å². The van der Waals surface area contributed by atoms with Crippen LogP contribution in [0.15, 0.2) is 46.1 Å². The summed E-state index contributed by atoms with van der Waals surface area (Å²) in [5.41, 5.74) is 1.77. The number of hydrogen-bond acceptors (Lipinski definition) is 8. The van der Waals surface area contributed by atoms with E-state index in [1.165, 1.54) is 12.1 Å². The Labute approximate surface area is 239 Å². The topological polar surface area (TPSA) is 137 Å². The van der Waals surface area contributed by atoms with Gasteiger partial charge in [-0.3, -0.25) is 4.79 Å². The van der Waals surface area contributed by atoms with E-state index in [4.69, 9.17) is 14.2 Å². The average Bonchev–Trinajstić information content (AvgIpc) is 3.28. The van der Waals surface area contributed by atoms with E-state index >= 15 is 0 Å². The van der Waals surface area contributed by atoms with E-state index in [9.17, 15) is 13.2 Å². The van der Waals surface area contributed by atoms with Crippen LogP contribution in [-0.4, -0.2) is 55.4 Å². The molecule has 41 heavy (non-hydrogen) atoms. The van der Waals surface area contributed by atoms with Gasteiger partial charge in [-0.25, -0.2) is 22.6 Å². The number of para-hydroxylation sites is 1. The molecule has 2 heterocycles. The number of nitrogens with one attached hydrogen (secondary N) is 2. The fourth-order valence-corrected chi connectivity index (χ4v) is 5.81. The average molecular weight is 584 g/mol. The predicted molar refractivity (Wildman–Crippen MR) is 157 cm³/mol. The second kappa shape index (κ2) is 13.2. The van der Waals surface area contributed by atoms with Crippen LogP contribution in [0, 0.1) is 6.92 Å². The van der Waals surface area contributed by atoms with Crippen molar-refractivity contribution < 1.29 is 22.6 Å². The number of aryl methyl sites for hydroxylation is 2. The normalized spacial score (nSPS) is 11.6. The number of sulfonamides is 1. The largest absolute Gasteiger partial charge is 0.493 e. The molecular weight excluding hydrogens is 546 g/mol. The van der Waals surface area contributed by atoms with Crippen molar-refractivity contribution in [3.63, 3.8) is 0 Å². The Morgan fingerprint density at radius 3 is 2.54 bits per heavy atom. The van der Waals surface area contributed by atoms with Crippen molar-refractivity contribution in [2.45, 2.75) is 57.8 Å². The molecule has 220 valence electrons. The fraction of sp³-hybridized carbons (Fsp3) is 0.414. The Kier molecular flexibility index (Phi) is 9.66. The first kappa shape index (κ1) is 30.1. The molecule has 2 aromatic heterocycles. The second-order valence-corrected chi connectivity index (χ2v) is 11.3. The summed E-state index contributed by atoms with van der Waals surface area (Å²) in [7, 11) is -0.822. The minimum absolute atomic E-state index is 0.0151. The SMILES string of the molecule is CCCCCc1nc(C)c2c(=O)[nH]c(-c3cc(S(=O)(=O)NCCc4cccc(OC)c4OC)ccc3OCC)nn12. The molecule has 0 atom stereocenters. The number of methoxy groups -OCH3 is 2. The highest BCUT2D eigenvalue weighted by molar-refractivity contribution is 7.89. The molecule has 0 saturated heterocycles. The molecule has 12 heteroatoms. The molecule has 0 fully saturated rings. The summed E-state index contributed by atoms with van der Waals surface area (Å²) in [4.78, 5) is 20.5. The highest BCUT2D eigenvalue weighted by Crippen LogP contribution is 2.32. The van der Waals surface area contributed by atoms with Crippen LogP contribution >= 0.6 is 0 Å². The number of nitrogens with zero attached hydrogens (tertiary/aromatic N) is 3. The summed E-state index contributed by atoms with van der Waals surface area (Å²) in [6, 6.07) is 9.97. The summed E-state index contributed by atoms with van der Waals surface area (Å²) >= 11 is 0. The van der Waals surface area contributed by atoms with E-state index in [2.05, 4.69) is 26.7 Å². The first-order valence-electron chi connectivity index (χ1n) is 13.7. The molecule has 0 aliphatic carbocycles. The third-order valence-electron chi connectivity index (χ3n) is 6.73. The fourth-order valence-electron chi connectivity index (χ4n) is 4.75. The van der Waals surface area contributed by atoms with E-state index in [1.54, 1.807) is 37.8 Å². The maximum atomic E-state index is 13.3. The van der Waals surface area contributed by atoms with E-state index in [0.29, 0.717) is 59.3 Å². The molecular formula is C29H37N5O6S. The zero-order chi connectivity index (χ0) is 29.6. The number of ether oxygens (including phenoxy) is 3. The quantitative estimate of drug-likeness (QED) is 0.212. The summed E-state index contributed by atoms with van der Waals surface area (Å²) < 4.78 is 47.4. The molecule has 0 amide bonds. The maximum Gasteiger partial charge on any atom is 0.277 e. The highest BCUT2D eigenvalue weighted by Gasteiger charge is 2.21.